The second-order valence-corrected chi connectivity index (χ2v) is 9.84. The molecule has 1 aliphatic heterocycles. The molecule has 3 aromatic rings. The Labute approximate surface area is 211 Å². The molecule has 35 heavy (non-hydrogen) atoms. The predicted octanol–water partition coefficient (Wildman–Crippen LogP) is 4.13. The van der Waals surface area contributed by atoms with Gasteiger partial charge in [-0.15, -0.1) is 11.5 Å². The van der Waals surface area contributed by atoms with Crippen LogP contribution in [0.2, 0.25) is 5.02 Å². The summed E-state index contributed by atoms with van der Waals surface area (Å²) in [4.78, 5) is 31.7. The van der Waals surface area contributed by atoms with Crippen molar-refractivity contribution in [3.8, 4) is 29.8 Å². The Kier molecular flexibility index (Phi) is 6.65. The van der Waals surface area contributed by atoms with Gasteiger partial charge in [0.05, 0.1) is 33.8 Å². The molecule has 0 aliphatic carbocycles. The molecule has 3 heterocycles. The molecule has 0 unspecified atom stereocenters. The number of nitrogens with zero attached hydrogens (tertiary/aromatic N) is 3. The average molecular weight is 512 g/mol. The van der Waals surface area contributed by atoms with Gasteiger partial charge in [0.2, 0.25) is 5.88 Å². The number of thioether (sulfide) groups is 1. The lowest BCUT2D eigenvalue weighted by atomic mass is 10.0. The zero-order valence-corrected chi connectivity index (χ0v) is 21.0. The van der Waals surface area contributed by atoms with Crippen LogP contribution in [0.4, 0.5) is 5.69 Å². The Balaban J connectivity index is 1.83. The molecule has 0 radical (unpaired) electrons. The minimum atomic E-state index is -0.590. The number of rotatable bonds is 5. The summed E-state index contributed by atoms with van der Waals surface area (Å²) in [6.07, 6.45) is 7.29. The molecule has 2 aromatic heterocycles. The maximum absolute atomic E-state index is 13.5. The second kappa shape index (κ2) is 9.52. The van der Waals surface area contributed by atoms with Crippen molar-refractivity contribution in [1.29, 1.82) is 0 Å². The van der Waals surface area contributed by atoms with E-state index < -0.39 is 17.4 Å². The number of nitrogens with one attached hydrogen (secondary N) is 2. The van der Waals surface area contributed by atoms with Crippen LogP contribution < -0.4 is 20.1 Å². The van der Waals surface area contributed by atoms with E-state index in [1.807, 2.05) is 20.8 Å². The summed E-state index contributed by atoms with van der Waals surface area (Å²) in [6, 6.07) is 6.36. The molecular weight excluding hydrogens is 490 g/mol. The zero-order valence-electron chi connectivity index (χ0n) is 19.4. The van der Waals surface area contributed by atoms with E-state index in [9.17, 15) is 9.59 Å². The quantitative estimate of drug-likeness (QED) is 0.496. The third kappa shape index (κ3) is 4.92. The third-order valence-electron chi connectivity index (χ3n) is 4.84. The number of ether oxygens (including phenoxy) is 2. The van der Waals surface area contributed by atoms with Crippen LogP contribution in [0.3, 0.4) is 0 Å². The number of hydrogen-bond donors (Lipinski definition) is 2. The molecule has 9 nitrogen and oxygen atoms in total. The smallest absolute Gasteiger partial charge is 0.274 e. The fraction of sp³-hybridized carbons (Fsp3) is 0.250. The van der Waals surface area contributed by atoms with Gasteiger partial charge in [0, 0.05) is 17.8 Å². The maximum atomic E-state index is 13.5. The first-order valence-electron chi connectivity index (χ1n) is 10.4. The Morgan fingerprint density at radius 2 is 2.09 bits per heavy atom. The van der Waals surface area contributed by atoms with E-state index in [-0.39, 0.29) is 33.7 Å². The van der Waals surface area contributed by atoms with Crippen LogP contribution in [0, 0.1) is 12.3 Å². The lowest BCUT2D eigenvalue weighted by Crippen LogP contribution is -2.41. The highest BCUT2D eigenvalue weighted by Crippen LogP contribution is 2.44. The topological polar surface area (TPSA) is 107 Å². The SMILES string of the molecule is C#Cc1cc2c(c(C(=O)NC(C)(C)C)c1NC(=O)c1cc(OC)nn1-c1ncccc1Cl)SCO2. The van der Waals surface area contributed by atoms with Gasteiger partial charge in [-0.1, -0.05) is 29.3 Å². The molecule has 0 fully saturated rings. The van der Waals surface area contributed by atoms with E-state index >= 15 is 0 Å². The number of hydrogen-bond acceptors (Lipinski definition) is 7. The zero-order chi connectivity index (χ0) is 25.3. The van der Waals surface area contributed by atoms with Crippen LogP contribution in [0.25, 0.3) is 5.82 Å². The molecule has 0 saturated heterocycles. The molecule has 0 saturated carbocycles. The van der Waals surface area contributed by atoms with Crippen LogP contribution in [-0.2, 0) is 0 Å². The lowest BCUT2D eigenvalue weighted by molar-refractivity contribution is 0.0917. The third-order valence-corrected chi connectivity index (χ3v) is 6.07. The fourth-order valence-corrected chi connectivity index (χ4v) is 4.50. The Morgan fingerprint density at radius 1 is 1.31 bits per heavy atom. The highest BCUT2D eigenvalue weighted by Gasteiger charge is 2.31. The summed E-state index contributed by atoms with van der Waals surface area (Å²) in [6.45, 7) is 5.58. The number of carbonyl (C=O) groups excluding carboxylic acids is 2. The first-order chi connectivity index (χ1) is 16.6. The normalized spacial score (nSPS) is 12.3. The van der Waals surface area contributed by atoms with Gasteiger partial charge in [-0.3, -0.25) is 9.59 Å². The highest BCUT2D eigenvalue weighted by molar-refractivity contribution is 7.99. The number of carbonyl (C=O) groups is 2. The largest absolute Gasteiger partial charge is 0.481 e. The minimum absolute atomic E-state index is 0.0806. The van der Waals surface area contributed by atoms with E-state index in [1.54, 1.807) is 18.2 Å². The summed E-state index contributed by atoms with van der Waals surface area (Å²) in [5.74, 6) is 2.80. The van der Waals surface area contributed by atoms with Gasteiger partial charge >= 0.3 is 0 Å². The highest BCUT2D eigenvalue weighted by atomic mass is 35.5. The van der Waals surface area contributed by atoms with E-state index in [0.717, 1.165) is 0 Å². The monoisotopic (exact) mass is 511 g/mol. The van der Waals surface area contributed by atoms with Crippen LogP contribution in [-0.4, -0.2) is 45.2 Å². The number of halogens is 1. The number of methoxy groups -OCH3 is 1. The molecule has 180 valence electrons. The standard InChI is InChI=1S/C24H22ClN5O4S/c1-6-13-10-16-20(35-12-34-16)18(23(32)28-24(2,3)4)19(13)27-22(31)15-11-17(33-5)29-30(15)21-14(25)8-7-9-26-21/h1,7-11H,12H2,2-5H3,(H,27,31)(H,28,32). The van der Waals surface area contributed by atoms with Crippen molar-refractivity contribution >= 4 is 40.9 Å². The van der Waals surface area contributed by atoms with E-state index in [0.29, 0.717) is 22.1 Å². The molecule has 1 aliphatic rings. The minimum Gasteiger partial charge on any atom is -0.481 e. The van der Waals surface area contributed by atoms with Gasteiger partial charge in [-0.25, -0.2) is 9.67 Å². The van der Waals surface area contributed by atoms with Gasteiger partial charge in [0.1, 0.15) is 17.4 Å². The molecule has 0 spiro atoms. The summed E-state index contributed by atoms with van der Waals surface area (Å²) < 4.78 is 12.1. The number of aromatic nitrogens is 3. The number of amides is 2. The van der Waals surface area contributed by atoms with Crippen molar-refractivity contribution in [2.75, 3.05) is 18.4 Å². The predicted molar refractivity (Wildman–Crippen MR) is 134 cm³/mol. The Bertz CT molecular complexity index is 1370. The van der Waals surface area contributed by atoms with E-state index in [4.69, 9.17) is 27.5 Å². The van der Waals surface area contributed by atoms with E-state index in [2.05, 4.69) is 26.6 Å². The average Bonchev–Trinajstić information content (AvgIpc) is 3.44. The van der Waals surface area contributed by atoms with Crippen molar-refractivity contribution in [3.05, 3.63) is 52.3 Å². The molecule has 0 bridgehead atoms. The van der Waals surface area contributed by atoms with Gasteiger partial charge in [-0.2, -0.15) is 0 Å². The van der Waals surface area contributed by atoms with Gasteiger partial charge < -0.3 is 20.1 Å². The van der Waals surface area contributed by atoms with Crippen molar-refractivity contribution in [1.82, 2.24) is 20.1 Å². The summed E-state index contributed by atoms with van der Waals surface area (Å²) in [5, 5.41) is 10.3. The van der Waals surface area contributed by atoms with Crippen LogP contribution in [0.1, 0.15) is 47.2 Å². The van der Waals surface area contributed by atoms with Crippen LogP contribution in [0.5, 0.6) is 11.6 Å². The molecule has 2 amide bonds. The number of benzene rings is 1. The van der Waals surface area contributed by atoms with E-state index in [1.165, 1.54) is 35.8 Å². The summed E-state index contributed by atoms with van der Waals surface area (Å²) >= 11 is 7.64. The lowest BCUT2D eigenvalue weighted by Gasteiger charge is -2.23. The van der Waals surface area contributed by atoms with Crippen molar-refractivity contribution < 1.29 is 19.1 Å². The van der Waals surface area contributed by atoms with Crippen molar-refractivity contribution in [2.24, 2.45) is 0 Å². The van der Waals surface area contributed by atoms with Gasteiger partial charge in [0.25, 0.3) is 11.8 Å². The Morgan fingerprint density at radius 3 is 2.74 bits per heavy atom. The Hall–Kier alpha value is -3.68. The number of terminal acetylenes is 1. The van der Waals surface area contributed by atoms with Gasteiger partial charge in [0.15, 0.2) is 5.82 Å². The van der Waals surface area contributed by atoms with Crippen LogP contribution >= 0.6 is 23.4 Å². The van der Waals surface area contributed by atoms with Crippen molar-refractivity contribution in [3.63, 3.8) is 0 Å². The first kappa shape index (κ1) is 24.4. The fourth-order valence-electron chi connectivity index (χ4n) is 3.40. The number of pyridine rings is 1. The molecular formula is C24H22ClN5O4S. The number of anilines is 1. The summed E-state index contributed by atoms with van der Waals surface area (Å²) in [5.41, 5.74) is 0.276. The first-order valence-corrected chi connectivity index (χ1v) is 11.8. The molecule has 11 heteroatoms. The van der Waals surface area contributed by atoms with Gasteiger partial charge in [-0.05, 0) is 39.0 Å². The van der Waals surface area contributed by atoms with Crippen LogP contribution in [0.15, 0.2) is 35.4 Å². The summed E-state index contributed by atoms with van der Waals surface area (Å²) in [7, 11) is 1.43. The molecule has 2 N–H and O–H groups in total. The molecule has 4 rings (SSSR count). The maximum Gasteiger partial charge on any atom is 0.274 e. The second-order valence-electron chi connectivity index (χ2n) is 8.50. The molecule has 1 aromatic carbocycles. The molecule has 0 atom stereocenters. The van der Waals surface area contributed by atoms with Crippen molar-refractivity contribution in [2.45, 2.75) is 31.2 Å². The number of fused-ring (bicyclic) bond motifs is 1.